The minimum atomic E-state index is -0.434. The highest BCUT2D eigenvalue weighted by Crippen LogP contribution is 2.14. The monoisotopic (exact) mass is 316 g/mol. The zero-order valence-corrected chi connectivity index (χ0v) is 12.7. The molecule has 118 valence electrons. The first-order valence-corrected chi connectivity index (χ1v) is 7.04. The molecule has 0 aromatic heterocycles. The lowest BCUT2D eigenvalue weighted by atomic mass is 10.0. The molecule has 6 heteroatoms. The summed E-state index contributed by atoms with van der Waals surface area (Å²) in [5, 5.41) is 15.0. The molecule has 1 unspecified atom stereocenters. The highest BCUT2D eigenvalue weighted by molar-refractivity contribution is 5.85. The Morgan fingerprint density at radius 2 is 2.29 bits per heavy atom. The van der Waals surface area contributed by atoms with E-state index in [-0.39, 0.29) is 30.5 Å². The zero-order chi connectivity index (χ0) is 14.4. The number of hydrogen-bond donors (Lipinski definition) is 3. The van der Waals surface area contributed by atoms with Crippen LogP contribution in [0.5, 0.6) is 0 Å². The van der Waals surface area contributed by atoms with Crippen LogP contribution in [0.25, 0.3) is 0 Å². The third kappa shape index (κ3) is 5.61. The van der Waals surface area contributed by atoms with Crippen LogP contribution in [-0.4, -0.2) is 24.1 Å². The van der Waals surface area contributed by atoms with Crippen molar-refractivity contribution in [3.63, 3.8) is 0 Å². The van der Waals surface area contributed by atoms with Crippen molar-refractivity contribution in [2.45, 2.75) is 32.4 Å². The molecule has 2 rings (SSSR count). The summed E-state index contributed by atoms with van der Waals surface area (Å²) in [6, 6.07) is 4.61. The fourth-order valence-corrected chi connectivity index (χ4v) is 2.41. The van der Waals surface area contributed by atoms with Gasteiger partial charge in [0, 0.05) is 18.5 Å². The first-order valence-electron chi connectivity index (χ1n) is 7.04. The number of carbonyl (C=O) groups excluding carboxylic acids is 1. The van der Waals surface area contributed by atoms with E-state index in [1.165, 1.54) is 6.07 Å². The van der Waals surface area contributed by atoms with Gasteiger partial charge in [0.1, 0.15) is 5.82 Å². The summed E-state index contributed by atoms with van der Waals surface area (Å²) in [5.74, 6) is 0.168. The lowest BCUT2D eigenvalue weighted by molar-refractivity contribution is -0.121. The molecule has 21 heavy (non-hydrogen) atoms. The Morgan fingerprint density at radius 3 is 2.90 bits per heavy atom. The molecule has 1 aliphatic heterocycles. The minimum Gasteiger partial charge on any atom is -0.392 e. The van der Waals surface area contributed by atoms with E-state index in [2.05, 4.69) is 10.6 Å². The second-order valence-electron chi connectivity index (χ2n) is 5.26. The summed E-state index contributed by atoms with van der Waals surface area (Å²) in [5.41, 5.74) is 0.976. The van der Waals surface area contributed by atoms with Crippen molar-refractivity contribution in [3.8, 4) is 0 Å². The number of benzene rings is 1. The van der Waals surface area contributed by atoms with Crippen molar-refractivity contribution < 1.29 is 14.3 Å². The standard InChI is InChI=1S/C15H21FN2O2.ClH/c16-14-7-12(1-3-13(14)10-19)9-18-15(20)4-2-11-5-6-17-8-11;/h1,3,7,11,17,19H,2,4-6,8-10H2,(H,18,20);1H. The van der Waals surface area contributed by atoms with Gasteiger partial charge in [0.05, 0.1) is 6.61 Å². The van der Waals surface area contributed by atoms with Crippen molar-refractivity contribution in [1.82, 2.24) is 10.6 Å². The van der Waals surface area contributed by atoms with Gasteiger partial charge in [-0.05, 0) is 43.5 Å². The van der Waals surface area contributed by atoms with Crippen molar-refractivity contribution >= 4 is 18.3 Å². The minimum absolute atomic E-state index is 0. The van der Waals surface area contributed by atoms with Crippen LogP contribution < -0.4 is 10.6 Å². The average molecular weight is 317 g/mol. The molecular weight excluding hydrogens is 295 g/mol. The Morgan fingerprint density at radius 1 is 1.48 bits per heavy atom. The maximum atomic E-state index is 13.4. The predicted octanol–water partition coefficient (Wildman–Crippen LogP) is 1.75. The number of rotatable bonds is 6. The Bertz CT molecular complexity index is 465. The highest BCUT2D eigenvalue weighted by atomic mass is 35.5. The number of aliphatic hydroxyl groups excluding tert-OH is 1. The van der Waals surface area contributed by atoms with Crippen LogP contribution in [0, 0.1) is 11.7 Å². The largest absolute Gasteiger partial charge is 0.392 e. The van der Waals surface area contributed by atoms with Gasteiger partial charge >= 0.3 is 0 Å². The van der Waals surface area contributed by atoms with E-state index < -0.39 is 5.82 Å². The Balaban J connectivity index is 0.00000220. The number of carbonyl (C=O) groups is 1. The van der Waals surface area contributed by atoms with E-state index in [4.69, 9.17) is 5.11 Å². The van der Waals surface area contributed by atoms with Gasteiger partial charge in [-0.25, -0.2) is 4.39 Å². The van der Waals surface area contributed by atoms with Gasteiger partial charge in [-0.3, -0.25) is 4.79 Å². The van der Waals surface area contributed by atoms with Gasteiger partial charge in [-0.1, -0.05) is 12.1 Å². The topological polar surface area (TPSA) is 61.4 Å². The molecule has 1 heterocycles. The molecule has 0 saturated carbocycles. The van der Waals surface area contributed by atoms with E-state index in [1.807, 2.05) is 0 Å². The van der Waals surface area contributed by atoms with Gasteiger partial charge in [0.25, 0.3) is 0 Å². The number of amides is 1. The van der Waals surface area contributed by atoms with Crippen LogP contribution in [0.4, 0.5) is 4.39 Å². The lowest BCUT2D eigenvalue weighted by Gasteiger charge is -2.09. The van der Waals surface area contributed by atoms with Crippen LogP contribution >= 0.6 is 12.4 Å². The molecule has 1 saturated heterocycles. The molecule has 1 atom stereocenters. The lowest BCUT2D eigenvalue weighted by Crippen LogP contribution is -2.23. The maximum absolute atomic E-state index is 13.4. The van der Waals surface area contributed by atoms with Crippen molar-refractivity contribution in [2.75, 3.05) is 13.1 Å². The summed E-state index contributed by atoms with van der Waals surface area (Å²) in [7, 11) is 0. The Kier molecular flexibility index (Phi) is 7.64. The summed E-state index contributed by atoms with van der Waals surface area (Å²) < 4.78 is 13.4. The van der Waals surface area contributed by atoms with E-state index in [0.29, 0.717) is 24.4 Å². The number of nitrogens with one attached hydrogen (secondary N) is 2. The van der Waals surface area contributed by atoms with E-state index in [1.54, 1.807) is 12.1 Å². The molecule has 1 fully saturated rings. The van der Waals surface area contributed by atoms with E-state index in [9.17, 15) is 9.18 Å². The third-order valence-electron chi connectivity index (χ3n) is 3.72. The second-order valence-corrected chi connectivity index (χ2v) is 5.26. The molecule has 1 aromatic carbocycles. The first kappa shape index (κ1) is 17.9. The first-order chi connectivity index (χ1) is 9.69. The maximum Gasteiger partial charge on any atom is 0.220 e. The molecular formula is C15H22ClFN2O2. The van der Waals surface area contributed by atoms with Crippen LogP contribution in [0.15, 0.2) is 18.2 Å². The molecule has 1 aliphatic rings. The van der Waals surface area contributed by atoms with Crippen molar-refractivity contribution in [2.24, 2.45) is 5.92 Å². The average Bonchev–Trinajstić information content (AvgIpc) is 2.96. The van der Waals surface area contributed by atoms with Crippen LogP contribution in [-0.2, 0) is 17.9 Å². The normalized spacial score (nSPS) is 17.3. The van der Waals surface area contributed by atoms with Gasteiger partial charge in [-0.2, -0.15) is 0 Å². The van der Waals surface area contributed by atoms with Crippen LogP contribution in [0.2, 0.25) is 0 Å². The smallest absolute Gasteiger partial charge is 0.220 e. The van der Waals surface area contributed by atoms with Gasteiger partial charge in [-0.15, -0.1) is 12.4 Å². The summed E-state index contributed by atoms with van der Waals surface area (Å²) in [4.78, 5) is 11.7. The fourth-order valence-electron chi connectivity index (χ4n) is 2.41. The molecule has 1 aromatic rings. The van der Waals surface area contributed by atoms with Crippen molar-refractivity contribution in [1.29, 1.82) is 0 Å². The van der Waals surface area contributed by atoms with E-state index in [0.717, 1.165) is 25.9 Å². The summed E-state index contributed by atoms with van der Waals surface area (Å²) >= 11 is 0. The molecule has 0 bridgehead atoms. The van der Waals surface area contributed by atoms with E-state index >= 15 is 0 Å². The molecule has 0 aliphatic carbocycles. The SMILES string of the molecule is Cl.O=C(CCC1CCNC1)NCc1ccc(CO)c(F)c1. The highest BCUT2D eigenvalue weighted by Gasteiger charge is 2.15. The van der Waals surface area contributed by atoms with Crippen molar-refractivity contribution in [3.05, 3.63) is 35.1 Å². The molecule has 0 radical (unpaired) electrons. The second kappa shape index (κ2) is 8.97. The number of halogens is 2. The molecule has 3 N–H and O–H groups in total. The third-order valence-corrected chi connectivity index (χ3v) is 3.72. The summed E-state index contributed by atoms with van der Waals surface area (Å²) in [6.07, 6.45) is 2.56. The predicted molar refractivity (Wildman–Crippen MR) is 81.6 cm³/mol. The Labute approximate surface area is 130 Å². The van der Waals surface area contributed by atoms with Gasteiger partial charge in [0.2, 0.25) is 5.91 Å². The number of aliphatic hydroxyl groups is 1. The molecule has 1 amide bonds. The van der Waals surface area contributed by atoms with Gasteiger partial charge < -0.3 is 15.7 Å². The molecule has 4 nitrogen and oxygen atoms in total. The zero-order valence-electron chi connectivity index (χ0n) is 11.9. The van der Waals surface area contributed by atoms with Crippen LogP contribution in [0.3, 0.4) is 0 Å². The van der Waals surface area contributed by atoms with Gasteiger partial charge in [0.15, 0.2) is 0 Å². The Hall–Kier alpha value is -1.17. The summed E-state index contributed by atoms with van der Waals surface area (Å²) in [6.45, 7) is 2.06. The number of hydrogen-bond acceptors (Lipinski definition) is 3. The fraction of sp³-hybridized carbons (Fsp3) is 0.533. The quantitative estimate of drug-likeness (QED) is 0.749. The molecule has 0 spiro atoms. The van der Waals surface area contributed by atoms with Crippen LogP contribution in [0.1, 0.15) is 30.4 Å².